The predicted molar refractivity (Wildman–Crippen MR) is 118 cm³/mol. The zero-order valence-corrected chi connectivity index (χ0v) is 16.8. The fourth-order valence-corrected chi connectivity index (χ4v) is 3.40. The van der Waals surface area contributed by atoms with Crippen molar-refractivity contribution < 1.29 is 9.53 Å². The molecule has 0 saturated heterocycles. The van der Waals surface area contributed by atoms with Crippen molar-refractivity contribution in [2.24, 2.45) is 0 Å². The van der Waals surface area contributed by atoms with Gasteiger partial charge in [0.1, 0.15) is 5.75 Å². The normalized spacial score (nSPS) is 10.7. The van der Waals surface area contributed by atoms with Crippen LogP contribution in [-0.2, 0) is 0 Å². The maximum atomic E-state index is 13.2. The van der Waals surface area contributed by atoms with Gasteiger partial charge in [0, 0.05) is 27.7 Å². The van der Waals surface area contributed by atoms with Crippen LogP contribution < -0.4 is 10.1 Å². The van der Waals surface area contributed by atoms with Gasteiger partial charge in [-0.05, 0) is 36.8 Å². The summed E-state index contributed by atoms with van der Waals surface area (Å²) in [6.45, 7) is 1.91. The number of nitrogens with zero attached hydrogens (tertiary/aromatic N) is 1. The Bertz CT molecular complexity index is 1210. The van der Waals surface area contributed by atoms with Gasteiger partial charge in [0.15, 0.2) is 0 Å². The molecule has 1 heterocycles. The van der Waals surface area contributed by atoms with Crippen LogP contribution in [0.3, 0.4) is 0 Å². The average Bonchev–Trinajstić information content (AvgIpc) is 2.76. The first kappa shape index (κ1) is 19.0. The number of carbonyl (C=O) groups is 1. The van der Waals surface area contributed by atoms with Crippen molar-refractivity contribution in [1.82, 2.24) is 4.98 Å². The fraction of sp³-hybridized carbons (Fsp3) is 0.0833. The van der Waals surface area contributed by atoms with E-state index in [0.717, 1.165) is 27.7 Å². The number of anilines is 1. The molecule has 4 aromatic rings. The summed E-state index contributed by atoms with van der Waals surface area (Å²) in [7, 11) is 1.59. The lowest BCUT2D eigenvalue weighted by Gasteiger charge is -2.13. The quantitative estimate of drug-likeness (QED) is 0.447. The zero-order valence-electron chi connectivity index (χ0n) is 16.1. The molecule has 4 nitrogen and oxygen atoms in total. The molecule has 0 saturated carbocycles. The van der Waals surface area contributed by atoms with Gasteiger partial charge in [0.05, 0.1) is 23.9 Å². The number of halogens is 1. The highest BCUT2D eigenvalue weighted by Crippen LogP contribution is 2.30. The van der Waals surface area contributed by atoms with Crippen molar-refractivity contribution in [2.75, 3.05) is 12.4 Å². The Balaban J connectivity index is 1.85. The van der Waals surface area contributed by atoms with Crippen molar-refractivity contribution in [3.8, 4) is 17.0 Å². The van der Waals surface area contributed by atoms with E-state index in [9.17, 15) is 4.79 Å². The number of pyridine rings is 1. The number of nitrogens with one attached hydrogen (secondary N) is 1. The molecule has 0 atom stereocenters. The number of hydrogen-bond acceptors (Lipinski definition) is 3. The summed E-state index contributed by atoms with van der Waals surface area (Å²) in [6.07, 6.45) is 0. The number of amides is 1. The number of fused-ring (bicyclic) bond motifs is 1. The van der Waals surface area contributed by atoms with Gasteiger partial charge < -0.3 is 10.1 Å². The number of aromatic nitrogens is 1. The van der Waals surface area contributed by atoms with E-state index in [0.29, 0.717) is 22.0 Å². The summed E-state index contributed by atoms with van der Waals surface area (Å²) in [5, 5.41) is 4.33. The second kappa shape index (κ2) is 7.94. The highest BCUT2D eigenvalue weighted by Gasteiger charge is 2.16. The molecule has 0 radical (unpaired) electrons. The SMILES string of the molecule is COc1cccc(NC(=O)c2cc(-c3ccccc3)nc3c(C)c(Cl)ccc23)c1. The molecule has 3 aromatic carbocycles. The van der Waals surface area contributed by atoms with Gasteiger partial charge in [-0.1, -0.05) is 54.1 Å². The second-order valence-electron chi connectivity index (χ2n) is 6.68. The van der Waals surface area contributed by atoms with Gasteiger partial charge in [-0.3, -0.25) is 4.79 Å². The molecule has 0 aliphatic rings. The maximum absolute atomic E-state index is 13.2. The predicted octanol–water partition coefficient (Wildman–Crippen LogP) is 6.12. The average molecular weight is 403 g/mol. The first-order chi connectivity index (χ1) is 14.1. The smallest absolute Gasteiger partial charge is 0.256 e. The minimum atomic E-state index is -0.218. The van der Waals surface area contributed by atoms with E-state index in [-0.39, 0.29) is 5.91 Å². The molecule has 0 spiro atoms. The van der Waals surface area contributed by atoms with E-state index >= 15 is 0 Å². The third-order valence-corrected chi connectivity index (χ3v) is 5.22. The summed E-state index contributed by atoms with van der Waals surface area (Å²) >= 11 is 6.33. The number of aryl methyl sites for hydroxylation is 1. The highest BCUT2D eigenvalue weighted by molar-refractivity contribution is 6.32. The van der Waals surface area contributed by atoms with E-state index in [1.165, 1.54) is 0 Å². The Labute approximate surface area is 174 Å². The van der Waals surface area contributed by atoms with E-state index < -0.39 is 0 Å². The Morgan fingerprint density at radius 1 is 1.00 bits per heavy atom. The number of rotatable bonds is 4. The molecular formula is C24H19ClN2O2. The van der Waals surface area contributed by atoms with Crippen molar-refractivity contribution in [2.45, 2.75) is 6.92 Å². The maximum Gasteiger partial charge on any atom is 0.256 e. The van der Waals surface area contributed by atoms with Gasteiger partial charge in [-0.25, -0.2) is 4.98 Å². The lowest BCUT2D eigenvalue weighted by Crippen LogP contribution is -2.13. The lowest BCUT2D eigenvalue weighted by atomic mass is 10.0. The molecule has 0 fully saturated rings. The zero-order chi connectivity index (χ0) is 20.4. The van der Waals surface area contributed by atoms with Crippen molar-refractivity contribution in [1.29, 1.82) is 0 Å². The Hall–Kier alpha value is -3.37. The minimum Gasteiger partial charge on any atom is -0.497 e. The van der Waals surface area contributed by atoms with Crippen LogP contribution in [0, 0.1) is 6.92 Å². The molecule has 4 rings (SSSR count). The van der Waals surface area contributed by atoms with E-state index in [1.54, 1.807) is 19.2 Å². The molecule has 1 aromatic heterocycles. The summed E-state index contributed by atoms with van der Waals surface area (Å²) < 4.78 is 5.24. The first-order valence-electron chi connectivity index (χ1n) is 9.17. The third-order valence-electron chi connectivity index (χ3n) is 4.81. The molecule has 1 N–H and O–H groups in total. The molecule has 0 aliphatic carbocycles. The summed E-state index contributed by atoms with van der Waals surface area (Å²) in [4.78, 5) is 18.0. The molecule has 0 unspecified atom stereocenters. The summed E-state index contributed by atoms with van der Waals surface area (Å²) in [6, 6.07) is 22.5. The largest absolute Gasteiger partial charge is 0.497 e. The first-order valence-corrected chi connectivity index (χ1v) is 9.55. The van der Waals surface area contributed by atoms with E-state index in [2.05, 4.69) is 5.32 Å². The Morgan fingerprint density at radius 3 is 2.55 bits per heavy atom. The van der Waals surface area contributed by atoms with E-state index in [1.807, 2.05) is 67.6 Å². The monoisotopic (exact) mass is 402 g/mol. The van der Waals surface area contributed by atoms with E-state index in [4.69, 9.17) is 21.3 Å². The third kappa shape index (κ3) is 3.80. The van der Waals surface area contributed by atoms with Crippen molar-refractivity contribution >= 4 is 34.1 Å². The molecule has 0 aliphatic heterocycles. The van der Waals surface area contributed by atoms with Crippen LogP contribution in [0.4, 0.5) is 5.69 Å². The second-order valence-corrected chi connectivity index (χ2v) is 7.08. The molecule has 1 amide bonds. The molecule has 29 heavy (non-hydrogen) atoms. The van der Waals surface area contributed by atoms with Crippen LogP contribution >= 0.6 is 11.6 Å². The number of carbonyl (C=O) groups excluding carboxylic acids is 1. The van der Waals surface area contributed by atoms with Crippen LogP contribution in [0.25, 0.3) is 22.2 Å². The van der Waals surface area contributed by atoms with Gasteiger partial charge in [-0.2, -0.15) is 0 Å². The van der Waals surface area contributed by atoms with Gasteiger partial charge >= 0.3 is 0 Å². The van der Waals surface area contributed by atoms with Gasteiger partial charge in [0.25, 0.3) is 5.91 Å². The van der Waals surface area contributed by atoms with Crippen LogP contribution in [0.5, 0.6) is 5.75 Å². The lowest BCUT2D eigenvalue weighted by molar-refractivity contribution is 0.102. The van der Waals surface area contributed by atoms with Crippen molar-refractivity contribution in [3.05, 3.63) is 88.9 Å². The number of benzene rings is 3. The molecule has 0 bridgehead atoms. The standard InChI is InChI=1S/C24H19ClN2O2/c1-15-21(25)12-11-19-20(24(28)26-17-9-6-10-18(13-17)29-2)14-22(27-23(15)19)16-7-4-3-5-8-16/h3-14H,1-2H3,(H,26,28). The topological polar surface area (TPSA) is 51.2 Å². The summed E-state index contributed by atoms with van der Waals surface area (Å²) in [5.41, 5.74) is 4.41. The minimum absolute atomic E-state index is 0.218. The van der Waals surface area contributed by atoms with Crippen LogP contribution in [-0.4, -0.2) is 18.0 Å². The van der Waals surface area contributed by atoms with Crippen LogP contribution in [0.2, 0.25) is 5.02 Å². The van der Waals surface area contributed by atoms with Crippen molar-refractivity contribution in [3.63, 3.8) is 0 Å². The summed E-state index contributed by atoms with van der Waals surface area (Å²) in [5.74, 6) is 0.458. The van der Waals surface area contributed by atoms with Gasteiger partial charge in [0.2, 0.25) is 0 Å². The van der Waals surface area contributed by atoms with Crippen LogP contribution in [0.1, 0.15) is 15.9 Å². The molecular weight excluding hydrogens is 384 g/mol. The Kier molecular flexibility index (Phi) is 5.19. The fourth-order valence-electron chi connectivity index (χ4n) is 3.25. The Morgan fingerprint density at radius 2 is 1.79 bits per heavy atom. The molecule has 5 heteroatoms. The highest BCUT2D eigenvalue weighted by atomic mass is 35.5. The van der Waals surface area contributed by atoms with Crippen LogP contribution in [0.15, 0.2) is 72.8 Å². The molecule has 144 valence electrons. The number of methoxy groups -OCH3 is 1. The number of ether oxygens (including phenoxy) is 1. The van der Waals surface area contributed by atoms with Gasteiger partial charge in [-0.15, -0.1) is 0 Å². The number of hydrogen-bond donors (Lipinski definition) is 1.